The van der Waals surface area contributed by atoms with Gasteiger partial charge in [-0.2, -0.15) is 5.10 Å². The second-order valence-electron chi connectivity index (χ2n) is 3.17. The molecule has 0 bridgehead atoms. The van der Waals surface area contributed by atoms with Crippen LogP contribution in [0.4, 0.5) is 0 Å². The van der Waals surface area contributed by atoms with Crippen molar-refractivity contribution in [3.05, 3.63) is 28.8 Å². The molecule has 0 saturated heterocycles. The quantitative estimate of drug-likeness (QED) is 0.390. The first kappa shape index (κ1) is 9.58. The molecule has 0 aliphatic heterocycles. The highest BCUT2D eigenvalue weighted by Crippen LogP contribution is 2.22. The summed E-state index contributed by atoms with van der Waals surface area (Å²) in [5, 5.41) is 13.1. The summed E-state index contributed by atoms with van der Waals surface area (Å²) < 4.78 is 0. The third-order valence-electron chi connectivity index (χ3n) is 2.20. The Hall–Kier alpha value is -1.51. The topological polar surface area (TPSA) is 58.6 Å². The second-order valence-corrected chi connectivity index (χ2v) is 3.17. The van der Waals surface area contributed by atoms with Crippen LogP contribution in [0, 0.1) is 13.8 Å². The molecule has 0 fully saturated rings. The Balaban J connectivity index is 3.32. The van der Waals surface area contributed by atoms with Gasteiger partial charge >= 0.3 is 0 Å². The zero-order chi connectivity index (χ0) is 10.0. The van der Waals surface area contributed by atoms with E-state index >= 15 is 0 Å². The predicted molar refractivity (Wildman–Crippen MR) is 54.0 cm³/mol. The lowest BCUT2D eigenvalue weighted by atomic mass is 10.0. The molecule has 0 aliphatic rings. The molecule has 70 valence electrons. The molecule has 3 heteroatoms. The average Bonchev–Trinajstić information content (AvgIpc) is 2.10. The molecule has 0 atom stereocenters. The van der Waals surface area contributed by atoms with Crippen molar-refractivity contribution in [3.8, 4) is 5.75 Å². The van der Waals surface area contributed by atoms with Crippen molar-refractivity contribution < 1.29 is 5.11 Å². The van der Waals surface area contributed by atoms with Gasteiger partial charge in [-0.15, -0.1) is 0 Å². The molecule has 3 N–H and O–H groups in total. The van der Waals surface area contributed by atoms with Crippen LogP contribution in [0.3, 0.4) is 0 Å². The average molecular weight is 178 g/mol. The molecule has 1 aromatic carbocycles. The summed E-state index contributed by atoms with van der Waals surface area (Å²) in [5.74, 6) is 5.37. The Morgan fingerprint density at radius 1 is 1.31 bits per heavy atom. The summed E-state index contributed by atoms with van der Waals surface area (Å²) in [4.78, 5) is 0. The summed E-state index contributed by atoms with van der Waals surface area (Å²) in [5.41, 5.74) is 3.52. The van der Waals surface area contributed by atoms with Gasteiger partial charge < -0.3 is 10.9 Å². The predicted octanol–water partition coefficient (Wildman–Crippen LogP) is 1.69. The van der Waals surface area contributed by atoms with Crippen LogP contribution in [0.2, 0.25) is 0 Å². The van der Waals surface area contributed by atoms with Gasteiger partial charge in [0.25, 0.3) is 0 Å². The number of aromatic hydroxyl groups is 1. The van der Waals surface area contributed by atoms with E-state index in [0.29, 0.717) is 11.3 Å². The minimum absolute atomic E-state index is 0.231. The maximum absolute atomic E-state index is 9.58. The highest BCUT2D eigenvalue weighted by molar-refractivity contribution is 6.01. The van der Waals surface area contributed by atoms with Crippen molar-refractivity contribution in [2.45, 2.75) is 20.8 Å². The number of phenolic OH excluding ortho intramolecular Hbond substituents is 1. The van der Waals surface area contributed by atoms with Crippen molar-refractivity contribution in [1.82, 2.24) is 0 Å². The van der Waals surface area contributed by atoms with Crippen LogP contribution in [0.25, 0.3) is 0 Å². The Morgan fingerprint density at radius 2 is 1.85 bits per heavy atom. The highest BCUT2D eigenvalue weighted by atomic mass is 16.3. The lowest BCUT2D eigenvalue weighted by Crippen LogP contribution is -2.00. The molecule has 0 saturated carbocycles. The van der Waals surface area contributed by atoms with Gasteiger partial charge in [-0.25, -0.2) is 0 Å². The van der Waals surface area contributed by atoms with Gasteiger partial charge in [0.2, 0.25) is 0 Å². The van der Waals surface area contributed by atoms with Gasteiger partial charge in [0.15, 0.2) is 0 Å². The fourth-order valence-electron chi connectivity index (χ4n) is 1.16. The highest BCUT2D eigenvalue weighted by Gasteiger charge is 2.06. The SMILES string of the molecule is C/C(=N\N)c1cc(C)c(C)cc1O. The number of rotatable bonds is 1. The molecule has 0 aliphatic carbocycles. The molecule has 0 unspecified atom stereocenters. The van der Waals surface area contributed by atoms with Crippen LogP contribution in [-0.4, -0.2) is 10.8 Å². The van der Waals surface area contributed by atoms with Crippen molar-refractivity contribution in [1.29, 1.82) is 0 Å². The van der Waals surface area contributed by atoms with Crippen molar-refractivity contribution in [3.63, 3.8) is 0 Å². The fraction of sp³-hybridized carbons (Fsp3) is 0.300. The van der Waals surface area contributed by atoms with Crippen molar-refractivity contribution in [2.75, 3.05) is 0 Å². The van der Waals surface area contributed by atoms with Crippen LogP contribution >= 0.6 is 0 Å². The number of hydrogen-bond donors (Lipinski definition) is 2. The van der Waals surface area contributed by atoms with E-state index in [0.717, 1.165) is 11.1 Å². The summed E-state index contributed by atoms with van der Waals surface area (Å²) >= 11 is 0. The largest absolute Gasteiger partial charge is 0.507 e. The van der Waals surface area contributed by atoms with Crippen LogP contribution in [0.15, 0.2) is 17.2 Å². The number of phenols is 1. The van der Waals surface area contributed by atoms with E-state index in [1.807, 2.05) is 19.9 Å². The lowest BCUT2D eigenvalue weighted by molar-refractivity contribution is 0.473. The normalized spacial score (nSPS) is 11.8. The maximum Gasteiger partial charge on any atom is 0.124 e. The standard InChI is InChI=1S/C10H14N2O/c1-6-4-9(8(3)12-11)10(13)5-7(6)2/h4-5,13H,11H2,1-3H3/b12-8+. The number of hydrogen-bond acceptors (Lipinski definition) is 3. The van der Waals surface area contributed by atoms with E-state index in [1.54, 1.807) is 13.0 Å². The second kappa shape index (κ2) is 3.47. The van der Waals surface area contributed by atoms with Gasteiger partial charge in [0.05, 0.1) is 5.71 Å². The first-order valence-electron chi connectivity index (χ1n) is 4.11. The molecule has 0 aromatic heterocycles. The van der Waals surface area contributed by atoms with E-state index in [1.165, 1.54) is 0 Å². The smallest absolute Gasteiger partial charge is 0.124 e. The summed E-state index contributed by atoms with van der Waals surface area (Å²) in [7, 11) is 0. The van der Waals surface area contributed by atoms with Crippen LogP contribution in [0.1, 0.15) is 23.6 Å². The summed E-state index contributed by atoms with van der Waals surface area (Å²) in [6, 6.07) is 3.61. The van der Waals surface area contributed by atoms with Crippen LogP contribution in [-0.2, 0) is 0 Å². The number of benzene rings is 1. The van der Waals surface area contributed by atoms with Crippen molar-refractivity contribution >= 4 is 5.71 Å². The van der Waals surface area contributed by atoms with E-state index < -0.39 is 0 Å². The third kappa shape index (κ3) is 1.80. The van der Waals surface area contributed by atoms with Crippen LogP contribution in [0.5, 0.6) is 5.75 Å². The monoisotopic (exact) mass is 178 g/mol. The van der Waals surface area contributed by atoms with Gasteiger partial charge in [0.1, 0.15) is 5.75 Å². The van der Waals surface area contributed by atoms with Gasteiger partial charge in [-0.3, -0.25) is 0 Å². The fourth-order valence-corrected chi connectivity index (χ4v) is 1.16. The number of nitrogens with zero attached hydrogens (tertiary/aromatic N) is 1. The molecule has 13 heavy (non-hydrogen) atoms. The van der Waals surface area contributed by atoms with Crippen LogP contribution < -0.4 is 5.84 Å². The van der Waals surface area contributed by atoms with Gasteiger partial charge in [0, 0.05) is 5.56 Å². The molecule has 1 rings (SSSR count). The molecular weight excluding hydrogens is 164 g/mol. The molecule has 3 nitrogen and oxygen atoms in total. The van der Waals surface area contributed by atoms with E-state index in [9.17, 15) is 5.11 Å². The third-order valence-corrected chi connectivity index (χ3v) is 2.20. The number of nitrogens with two attached hydrogens (primary N) is 1. The summed E-state index contributed by atoms with van der Waals surface area (Å²) in [6.07, 6.45) is 0. The number of aryl methyl sites for hydroxylation is 2. The Labute approximate surface area is 77.9 Å². The van der Waals surface area contributed by atoms with Gasteiger partial charge in [-0.1, -0.05) is 0 Å². The molecule has 0 heterocycles. The lowest BCUT2D eigenvalue weighted by Gasteiger charge is -2.07. The van der Waals surface area contributed by atoms with E-state index in [4.69, 9.17) is 5.84 Å². The first-order chi connectivity index (χ1) is 6.06. The Bertz CT molecular complexity index is 356. The maximum atomic E-state index is 9.58. The molecule has 0 radical (unpaired) electrons. The zero-order valence-corrected chi connectivity index (χ0v) is 8.13. The molecule has 0 amide bonds. The zero-order valence-electron chi connectivity index (χ0n) is 8.13. The van der Waals surface area contributed by atoms with E-state index in [2.05, 4.69) is 5.10 Å². The van der Waals surface area contributed by atoms with E-state index in [-0.39, 0.29) is 5.75 Å². The minimum atomic E-state index is 0.231. The van der Waals surface area contributed by atoms with Crippen molar-refractivity contribution in [2.24, 2.45) is 10.9 Å². The first-order valence-corrected chi connectivity index (χ1v) is 4.11. The Morgan fingerprint density at radius 3 is 2.38 bits per heavy atom. The summed E-state index contributed by atoms with van der Waals surface area (Å²) in [6.45, 7) is 5.71. The molecule has 0 spiro atoms. The molecular formula is C10H14N2O. The number of hydrazone groups is 1. The van der Waals surface area contributed by atoms with Gasteiger partial charge in [-0.05, 0) is 44.0 Å². The minimum Gasteiger partial charge on any atom is -0.507 e. The molecule has 1 aromatic rings. The Kier molecular flexibility index (Phi) is 2.56.